The molecule has 0 spiro atoms. The molecule has 30 heavy (non-hydrogen) atoms. The molecule has 1 fully saturated rings. The van der Waals surface area contributed by atoms with Gasteiger partial charge in [-0.1, -0.05) is 0 Å². The molecule has 0 bridgehead atoms. The van der Waals surface area contributed by atoms with Crippen molar-refractivity contribution < 1.29 is 13.9 Å². The number of aromatic nitrogens is 2. The van der Waals surface area contributed by atoms with Gasteiger partial charge in [0.25, 0.3) is 5.56 Å². The highest BCUT2D eigenvalue weighted by molar-refractivity contribution is 5.79. The van der Waals surface area contributed by atoms with E-state index in [2.05, 4.69) is 15.2 Å². The summed E-state index contributed by atoms with van der Waals surface area (Å²) in [6, 6.07) is 11.8. The van der Waals surface area contributed by atoms with E-state index in [1.165, 1.54) is 23.0 Å². The van der Waals surface area contributed by atoms with Crippen LogP contribution in [0.5, 0.6) is 5.75 Å². The summed E-state index contributed by atoms with van der Waals surface area (Å²) in [5.74, 6) is 0.0619. The summed E-state index contributed by atoms with van der Waals surface area (Å²) in [5.41, 5.74) is 1.11. The fourth-order valence-electron chi connectivity index (χ4n) is 3.75. The van der Waals surface area contributed by atoms with Crippen molar-refractivity contribution in [2.45, 2.75) is 25.4 Å². The summed E-state index contributed by atoms with van der Waals surface area (Å²) in [6.07, 6.45) is 2.95. The average molecular weight is 410 g/mol. The van der Waals surface area contributed by atoms with Crippen LogP contribution in [0.25, 0.3) is 10.9 Å². The first-order valence-corrected chi connectivity index (χ1v) is 9.86. The number of amides is 1. The van der Waals surface area contributed by atoms with Crippen LogP contribution >= 0.6 is 0 Å². The summed E-state index contributed by atoms with van der Waals surface area (Å²) in [4.78, 5) is 31.4. The van der Waals surface area contributed by atoms with Crippen molar-refractivity contribution >= 4 is 22.5 Å². The molecule has 8 heteroatoms. The van der Waals surface area contributed by atoms with Crippen LogP contribution in [0.3, 0.4) is 0 Å². The van der Waals surface area contributed by atoms with E-state index in [0.717, 1.165) is 43.4 Å². The molecule has 0 saturated carbocycles. The van der Waals surface area contributed by atoms with Crippen LogP contribution < -0.4 is 20.5 Å². The lowest BCUT2D eigenvalue weighted by Crippen LogP contribution is -2.46. The number of rotatable bonds is 5. The molecule has 1 N–H and O–H groups in total. The van der Waals surface area contributed by atoms with Crippen LogP contribution in [0, 0.1) is 5.82 Å². The molecule has 3 aromatic rings. The number of halogens is 1. The Morgan fingerprint density at radius 3 is 2.63 bits per heavy atom. The normalized spacial score (nSPS) is 14.7. The second-order valence-corrected chi connectivity index (χ2v) is 7.37. The van der Waals surface area contributed by atoms with Crippen molar-refractivity contribution in [3.05, 3.63) is 65.0 Å². The minimum absolute atomic E-state index is 0.0496. The molecule has 4 rings (SSSR count). The molecule has 1 aliphatic heterocycles. The SMILES string of the molecule is COc1ccc(N2CCC(NC(=O)Cn3cnc4ccc(F)cc4c3=O)CC2)cc1. The van der Waals surface area contributed by atoms with Gasteiger partial charge < -0.3 is 15.0 Å². The third-order valence-electron chi connectivity index (χ3n) is 5.40. The Hall–Kier alpha value is -3.42. The fraction of sp³-hybridized carbons (Fsp3) is 0.318. The van der Waals surface area contributed by atoms with Crippen LogP contribution in [0.1, 0.15) is 12.8 Å². The molecule has 2 heterocycles. The third kappa shape index (κ3) is 4.27. The highest BCUT2D eigenvalue weighted by Crippen LogP contribution is 2.22. The zero-order valence-electron chi connectivity index (χ0n) is 16.7. The van der Waals surface area contributed by atoms with Gasteiger partial charge in [0, 0.05) is 24.8 Å². The van der Waals surface area contributed by atoms with E-state index in [1.807, 2.05) is 24.3 Å². The number of hydrogen-bond donors (Lipinski definition) is 1. The quantitative estimate of drug-likeness (QED) is 0.699. The first-order valence-electron chi connectivity index (χ1n) is 9.86. The van der Waals surface area contributed by atoms with Gasteiger partial charge in [0.05, 0.1) is 24.3 Å². The number of nitrogens with one attached hydrogen (secondary N) is 1. The number of methoxy groups -OCH3 is 1. The molecule has 0 atom stereocenters. The number of benzene rings is 2. The number of hydrogen-bond acceptors (Lipinski definition) is 5. The number of nitrogens with zero attached hydrogens (tertiary/aromatic N) is 3. The van der Waals surface area contributed by atoms with Gasteiger partial charge in [0.15, 0.2) is 0 Å². The van der Waals surface area contributed by atoms with E-state index in [4.69, 9.17) is 4.74 Å². The van der Waals surface area contributed by atoms with Crippen molar-refractivity contribution in [3.63, 3.8) is 0 Å². The minimum atomic E-state index is -0.507. The monoisotopic (exact) mass is 410 g/mol. The molecule has 1 saturated heterocycles. The summed E-state index contributed by atoms with van der Waals surface area (Å²) >= 11 is 0. The highest BCUT2D eigenvalue weighted by atomic mass is 19.1. The van der Waals surface area contributed by atoms with Gasteiger partial charge in [0.2, 0.25) is 5.91 Å². The Morgan fingerprint density at radius 1 is 1.20 bits per heavy atom. The largest absolute Gasteiger partial charge is 0.497 e. The van der Waals surface area contributed by atoms with Gasteiger partial charge in [-0.3, -0.25) is 14.2 Å². The van der Waals surface area contributed by atoms with Crippen LogP contribution in [0.2, 0.25) is 0 Å². The third-order valence-corrected chi connectivity index (χ3v) is 5.40. The molecule has 1 aliphatic rings. The van der Waals surface area contributed by atoms with Gasteiger partial charge in [-0.25, -0.2) is 9.37 Å². The number of carbonyl (C=O) groups excluding carboxylic acids is 1. The van der Waals surface area contributed by atoms with Gasteiger partial charge in [-0.05, 0) is 55.3 Å². The van der Waals surface area contributed by atoms with Crippen molar-refractivity contribution in [1.82, 2.24) is 14.9 Å². The van der Waals surface area contributed by atoms with Crippen molar-refractivity contribution in [1.29, 1.82) is 0 Å². The number of ether oxygens (including phenoxy) is 1. The van der Waals surface area contributed by atoms with Gasteiger partial charge in [-0.15, -0.1) is 0 Å². The maximum absolute atomic E-state index is 13.4. The van der Waals surface area contributed by atoms with Crippen molar-refractivity contribution in [3.8, 4) is 5.75 Å². The van der Waals surface area contributed by atoms with E-state index in [-0.39, 0.29) is 23.9 Å². The summed E-state index contributed by atoms with van der Waals surface area (Å²) in [7, 11) is 1.64. The van der Waals surface area contributed by atoms with Gasteiger partial charge in [0.1, 0.15) is 18.1 Å². The zero-order valence-corrected chi connectivity index (χ0v) is 16.7. The Morgan fingerprint density at radius 2 is 1.93 bits per heavy atom. The standard InChI is InChI=1S/C22H23FN4O3/c1-30-18-5-3-17(4-6-18)26-10-8-16(9-11-26)25-21(28)13-27-14-24-20-7-2-15(23)12-19(20)22(27)29/h2-7,12,14,16H,8-11,13H2,1H3,(H,25,28). The number of carbonyl (C=O) groups is 1. The molecular formula is C22H23FN4O3. The Balaban J connectivity index is 1.34. The molecular weight excluding hydrogens is 387 g/mol. The van der Waals surface area contributed by atoms with Crippen LogP contribution in [-0.4, -0.2) is 41.7 Å². The second kappa shape index (κ2) is 8.52. The lowest BCUT2D eigenvalue weighted by Gasteiger charge is -2.34. The van der Waals surface area contributed by atoms with Gasteiger partial charge in [-0.2, -0.15) is 0 Å². The number of piperidine rings is 1. The number of fused-ring (bicyclic) bond motifs is 1. The molecule has 0 aliphatic carbocycles. The molecule has 1 amide bonds. The van der Waals surface area contributed by atoms with Crippen LogP contribution in [0.4, 0.5) is 10.1 Å². The van der Waals surface area contributed by atoms with Crippen LogP contribution in [-0.2, 0) is 11.3 Å². The highest BCUT2D eigenvalue weighted by Gasteiger charge is 2.21. The first-order chi connectivity index (χ1) is 14.5. The maximum Gasteiger partial charge on any atom is 0.261 e. The van der Waals surface area contributed by atoms with E-state index in [1.54, 1.807) is 7.11 Å². The summed E-state index contributed by atoms with van der Waals surface area (Å²) < 4.78 is 19.8. The molecule has 1 aromatic heterocycles. The minimum Gasteiger partial charge on any atom is -0.497 e. The Bertz CT molecular complexity index is 1110. The maximum atomic E-state index is 13.4. The van der Waals surface area contributed by atoms with E-state index < -0.39 is 11.4 Å². The van der Waals surface area contributed by atoms with Crippen molar-refractivity contribution in [2.24, 2.45) is 0 Å². The predicted octanol–water partition coefficient (Wildman–Crippen LogP) is 2.33. The van der Waals surface area contributed by atoms with Crippen molar-refractivity contribution in [2.75, 3.05) is 25.1 Å². The lowest BCUT2D eigenvalue weighted by atomic mass is 10.0. The molecule has 2 aromatic carbocycles. The predicted molar refractivity (Wildman–Crippen MR) is 112 cm³/mol. The van der Waals surface area contributed by atoms with Gasteiger partial charge >= 0.3 is 0 Å². The molecule has 7 nitrogen and oxygen atoms in total. The van der Waals surface area contributed by atoms with E-state index in [9.17, 15) is 14.0 Å². The first kappa shape index (κ1) is 19.9. The average Bonchev–Trinajstić information content (AvgIpc) is 2.77. The second-order valence-electron chi connectivity index (χ2n) is 7.37. The molecule has 156 valence electrons. The van der Waals surface area contributed by atoms with Crippen LogP contribution in [0.15, 0.2) is 53.6 Å². The Labute approximate surface area is 173 Å². The molecule has 0 unspecified atom stereocenters. The van der Waals surface area contributed by atoms with E-state index >= 15 is 0 Å². The molecule has 0 radical (unpaired) electrons. The smallest absolute Gasteiger partial charge is 0.261 e. The Kier molecular flexibility index (Phi) is 5.65. The topological polar surface area (TPSA) is 76.5 Å². The van der Waals surface area contributed by atoms with E-state index in [0.29, 0.717) is 5.52 Å². The number of anilines is 1. The summed E-state index contributed by atoms with van der Waals surface area (Å²) in [5, 5.41) is 3.16. The zero-order chi connectivity index (χ0) is 21.1. The summed E-state index contributed by atoms with van der Waals surface area (Å²) in [6.45, 7) is 1.51. The fourth-order valence-corrected chi connectivity index (χ4v) is 3.75. The lowest BCUT2D eigenvalue weighted by molar-refractivity contribution is -0.122.